The van der Waals surface area contributed by atoms with E-state index >= 15 is 0 Å². The second kappa shape index (κ2) is 10.7. The molecule has 0 saturated carbocycles. The molecule has 0 aliphatic rings. The van der Waals surface area contributed by atoms with Crippen LogP contribution in [-0.2, 0) is 27.8 Å². The molecular weight excluding hydrogens is 412 g/mol. The van der Waals surface area contributed by atoms with Gasteiger partial charge in [0.2, 0.25) is 15.9 Å². The van der Waals surface area contributed by atoms with Crippen LogP contribution >= 0.6 is 0 Å². The van der Waals surface area contributed by atoms with Gasteiger partial charge in [-0.1, -0.05) is 42.5 Å². The Morgan fingerprint density at radius 1 is 1.03 bits per heavy atom. The summed E-state index contributed by atoms with van der Waals surface area (Å²) >= 11 is 0. The average Bonchev–Trinajstić information content (AvgIpc) is 3.30. The maximum absolute atomic E-state index is 12.4. The summed E-state index contributed by atoms with van der Waals surface area (Å²) in [7, 11) is -3.64. The van der Waals surface area contributed by atoms with Crippen LogP contribution in [-0.4, -0.2) is 20.4 Å². The second-order valence-corrected chi connectivity index (χ2v) is 9.01. The lowest BCUT2D eigenvalue weighted by Gasteiger charge is -2.12. The Morgan fingerprint density at radius 3 is 2.45 bits per heavy atom. The predicted octanol–water partition coefficient (Wildman–Crippen LogP) is 3.91. The number of carbonyl (C=O) groups is 1. The van der Waals surface area contributed by atoms with Gasteiger partial charge in [0.25, 0.3) is 0 Å². The number of furan rings is 1. The van der Waals surface area contributed by atoms with E-state index in [-0.39, 0.29) is 23.4 Å². The second-order valence-electron chi connectivity index (χ2n) is 7.24. The van der Waals surface area contributed by atoms with Crippen molar-refractivity contribution in [2.75, 3.05) is 0 Å². The van der Waals surface area contributed by atoms with Crippen LogP contribution in [0.5, 0.6) is 0 Å². The number of benzene rings is 2. The number of carbonyl (C=O) groups excluding carboxylic acids is 1. The van der Waals surface area contributed by atoms with E-state index in [2.05, 4.69) is 22.2 Å². The number of hydrogen-bond donors (Lipinski definition) is 2. The number of sulfonamides is 1. The van der Waals surface area contributed by atoms with Crippen LogP contribution in [0.3, 0.4) is 0 Å². The Kier molecular flexibility index (Phi) is 7.81. The lowest BCUT2D eigenvalue weighted by Crippen LogP contribution is -2.31. The van der Waals surface area contributed by atoms with E-state index in [1.807, 2.05) is 25.1 Å². The molecule has 0 fully saturated rings. The van der Waals surface area contributed by atoms with Crippen molar-refractivity contribution in [3.8, 4) is 0 Å². The minimum absolute atomic E-state index is 0.0464. The summed E-state index contributed by atoms with van der Waals surface area (Å²) in [5, 5.41) is 2.95. The topological polar surface area (TPSA) is 88.4 Å². The summed E-state index contributed by atoms with van der Waals surface area (Å²) in [6, 6.07) is 19.9. The molecule has 6 nitrogen and oxygen atoms in total. The number of hydrogen-bond acceptors (Lipinski definition) is 4. The molecule has 2 N–H and O–H groups in total. The van der Waals surface area contributed by atoms with E-state index in [9.17, 15) is 13.2 Å². The number of rotatable bonds is 10. The van der Waals surface area contributed by atoms with Crippen LogP contribution in [0.25, 0.3) is 6.08 Å². The molecule has 7 heteroatoms. The molecule has 162 valence electrons. The molecule has 3 rings (SSSR count). The van der Waals surface area contributed by atoms with Crippen molar-refractivity contribution in [1.29, 1.82) is 0 Å². The van der Waals surface area contributed by atoms with Gasteiger partial charge >= 0.3 is 0 Å². The first-order valence-corrected chi connectivity index (χ1v) is 11.6. The normalized spacial score (nSPS) is 12.7. The van der Waals surface area contributed by atoms with Gasteiger partial charge in [0.15, 0.2) is 0 Å². The van der Waals surface area contributed by atoms with Crippen molar-refractivity contribution >= 4 is 22.0 Å². The van der Waals surface area contributed by atoms with Gasteiger partial charge in [-0.3, -0.25) is 4.79 Å². The largest absolute Gasteiger partial charge is 0.468 e. The van der Waals surface area contributed by atoms with Crippen molar-refractivity contribution in [2.45, 2.75) is 37.2 Å². The molecule has 0 bridgehead atoms. The smallest absolute Gasteiger partial charge is 0.244 e. The Labute approximate surface area is 183 Å². The first kappa shape index (κ1) is 22.5. The highest BCUT2D eigenvalue weighted by Crippen LogP contribution is 2.13. The van der Waals surface area contributed by atoms with Crippen LogP contribution in [0.1, 0.15) is 30.2 Å². The van der Waals surface area contributed by atoms with Crippen LogP contribution in [0.4, 0.5) is 0 Å². The van der Waals surface area contributed by atoms with Gasteiger partial charge in [-0.25, -0.2) is 13.1 Å². The first-order valence-electron chi connectivity index (χ1n) is 10.1. The molecule has 0 spiro atoms. The van der Waals surface area contributed by atoms with Crippen LogP contribution < -0.4 is 10.0 Å². The van der Waals surface area contributed by atoms with E-state index in [4.69, 9.17) is 4.42 Å². The highest BCUT2D eigenvalue weighted by Gasteiger charge is 2.14. The van der Waals surface area contributed by atoms with E-state index < -0.39 is 10.0 Å². The van der Waals surface area contributed by atoms with Gasteiger partial charge in [0.1, 0.15) is 5.76 Å². The number of nitrogens with one attached hydrogen (secondary N) is 2. The lowest BCUT2D eigenvalue weighted by molar-refractivity contribution is -0.117. The third-order valence-corrected chi connectivity index (χ3v) is 6.15. The minimum atomic E-state index is -3.64. The Morgan fingerprint density at radius 2 is 1.77 bits per heavy atom. The van der Waals surface area contributed by atoms with Crippen molar-refractivity contribution in [1.82, 2.24) is 10.0 Å². The monoisotopic (exact) mass is 438 g/mol. The van der Waals surface area contributed by atoms with Gasteiger partial charge in [-0.15, -0.1) is 0 Å². The molecule has 0 saturated heterocycles. The molecule has 1 aromatic heterocycles. The van der Waals surface area contributed by atoms with Crippen LogP contribution in [0.15, 0.2) is 88.4 Å². The van der Waals surface area contributed by atoms with Crippen molar-refractivity contribution in [3.05, 3.63) is 96.0 Å². The van der Waals surface area contributed by atoms with Gasteiger partial charge in [0.05, 0.1) is 17.7 Å². The van der Waals surface area contributed by atoms with Crippen molar-refractivity contribution < 1.29 is 17.6 Å². The van der Waals surface area contributed by atoms with Crippen molar-refractivity contribution in [3.63, 3.8) is 0 Å². The standard InChI is InChI=1S/C24H26N2O4S/c1-19(9-10-20-6-3-2-4-7-20)26-24(27)16-13-21-11-14-23(15-12-21)31(28,29)25-18-22-8-5-17-30-22/h2-8,11-17,19,25H,9-10,18H2,1H3,(H,26,27)/b16-13+. The van der Waals surface area contributed by atoms with Gasteiger partial charge in [0, 0.05) is 12.1 Å². The fourth-order valence-electron chi connectivity index (χ4n) is 2.98. The molecule has 1 heterocycles. The third kappa shape index (κ3) is 7.24. The Balaban J connectivity index is 1.48. The Hall–Kier alpha value is -3.16. The highest BCUT2D eigenvalue weighted by molar-refractivity contribution is 7.89. The Bertz CT molecular complexity index is 1090. The number of aryl methyl sites for hydroxylation is 1. The molecule has 0 aliphatic carbocycles. The summed E-state index contributed by atoms with van der Waals surface area (Å²) in [6.07, 6.45) is 6.35. The SMILES string of the molecule is CC(CCc1ccccc1)NC(=O)/C=C/c1ccc(S(=O)(=O)NCc2ccco2)cc1. The highest BCUT2D eigenvalue weighted by atomic mass is 32.2. The number of amides is 1. The average molecular weight is 439 g/mol. The molecule has 1 unspecified atom stereocenters. The van der Waals surface area contributed by atoms with E-state index in [0.717, 1.165) is 18.4 Å². The van der Waals surface area contributed by atoms with Gasteiger partial charge in [-0.05, 0) is 61.2 Å². The molecule has 31 heavy (non-hydrogen) atoms. The summed E-state index contributed by atoms with van der Waals surface area (Å²) in [5.41, 5.74) is 1.98. The minimum Gasteiger partial charge on any atom is -0.468 e. The zero-order valence-electron chi connectivity index (χ0n) is 17.3. The molecule has 1 amide bonds. The molecule has 0 radical (unpaired) electrons. The zero-order chi connectivity index (χ0) is 22.1. The fourth-order valence-corrected chi connectivity index (χ4v) is 3.98. The predicted molar refractivity (Wildman–Crippen MR) is 121 cm³/mol. The van der Waals surface area contributed by atoms with Crippen LogP contribution in [0.2, 0.25) is 0 Å². The fraction of sp³-hybridized carbons (Fsp3) is 0.208. The van der Waals surface area contributed by atoms with Crippen LogP contribution in [0, 0.1) is 0 Å². The maximum Gasteiger partial charge on any atom is 0.244 e. The van der Waals surface area contributed by atoms with E-state index in [1.54, 1.807) is 30.3 Å². The van der Waals surface area contributed by atoms with E-state index in [1.165, 1.54) is 30.0 Å². The van der Waals surface area contributed by atoms with Gasteiger partial charge in [-0.2, -0.15) is 0 Å². The molecule has 1 atom stereocenters. The van der Waals surface area contributed by atoms with Crippen molar-refractivity contribution in [2.24, 2.45) is 0 Å². The quantitative estimate of drug-likeness (QED) is 0.470. The first-order chi connectivity index (χ1) is 14.9. The summed E-state index contributed by atoms with van der Waals surface area (Å²) < 4.78 is 32.3. The molecule has 0 aliphatic heterocycles. The summed E-state index contributed by atoms with van der Waals surface area (Å²) in [4.78, 5) is 12.3. The lowest BCUT2D eigenvalue weighted by atomic mass is 10.1. The van der Waals surface area contributed by atoms with E-state index in [0.29, 0.717) is 5.76 Å². The molecular formula is C24H26N2O4S. The molecule has 2 aromatic carbocycles. The zero-order valence-corrected chi connectivity index (χ0v) is 18.1. The summed E-state index contributed by atoms with van der Waals surface area (Å²) in [6.45, 7) is 2.06. The maximum atomic E-state index is 12.4. The van der Waals surface area contributed by atoms with Gasteiger partial charge < -0.3 is 9.73 Å². The molecule has 3 aromatic rings. The third-order valence-electron chi connectivity index (χ3n) is 4.73. The summed E-state index contributed by atoms with van der Waals surface area (Å²) in [5.74, 6) is 0.351.